The highest BCUT2D eigenvalue weighted by Gasteiger charge is 2.14. The van der Waals surface area contributed by atoms with E-state index in [0.29, 0.717) is 18.1 Å². The highest BCUT2D eigenvalue weighted by Crippen LogP contribution is 2.18. The SMILES string of the molecule is Cn1nc(-c2ccccc2)cc1C(=O)NCCOc1ccc(-c2ccccc2)nn1. The number of aromatic nitrogens is 4. The summed E-state index contributed by atoms with van der Waals surface area (Å²) in [6.45, 7) is 0.626. The van der Waals surface area contributed by atoms with Crippen LogP contribution in [0.3, 0.4) is 0 Å². The van der Waals surface area contributed by atoms with Gasteiger partial charge < -0.3 is 10.1 Å². The molecule has 2 aromatic carbocycles. The fourth-order valence-corrected chi connectivity index (χ4v) is 3.00. The first kappa shape index (κ1) is 19.3. The van der Waals surface area contributed by atoms with Crippen molar-refractivity contribution in [3.05, 3.63) is 84.6 Å². The van der Waals surface area contributed by atoms with Crippen LogP contribution in [0.5, 0.6) is 5.88 Å². The van der Waals surface area contributed by atoms with Crippen molar-refractivity contribution >= 4 is 5.91 Å². The van der Waals surface area contributed by atoms with Crippen molar-refractivity contribution in [1.82, 2.24) is 25.3 Å². The Hall–Kier alpha value is -4.00. The van der Waals surface area contributed by atoms with Crippen LogP contribution < -0.4 is 10.1 Å². The molecule has 150 valence electrons. The number of carbonyl (C=O) groups excluding carboxylic acids is 1. The number of carbonyl (C=O) groups is 1. The number of benzene rings is 2. The van der Waals surface area contributed by atoms with Crippen LogP contribution >= 0.6 is 0 Å². The van der Waals surface area contributed by atoms with Crippen LogP contribution in [0.1, 0.15) is 10.5 Å². The van der Waals surface area contributed by atoms with Gasteiger partial charge >= 0.3 is 0 Å². The molecule has 0 spiro atoms. The second-order valence-electron chi connectivity index (χ2n) is 6.63. The molecule has 4 rings (SSSR count). The first-order chi connectivity index (χ1) is 14.7. The van der Waals surface area contributed by atoms with E-state index in [0.717, 1.165) is 22.5 Å². The molecular formula is C23H21N5O2. The van der Waals surface area contributed by atoms with Crippen LogP contribution in [0.25, 0.3) is 22.5 Å². The van der Waals surface area contributed by atoms with E-state index in [1.165, 1.54) is 0 Å². The van der Waals surface area contributed by atoms with E-state index in [-0.39, 0.29) is 12.5 Å². The first-order valence-electron chi connectivity index (χ1n) is 9.60. The Morgan fingerprint density at radius 2 is 1.57 bits per heavy atom. The topological polar surface area (TPSA) is 81.9 Å². The van der Waals surface area contributed by atoms with Crippen LogP contribution in [-0.2, 0) is 7.05 Å². The van der Waals surface area contributed by atoms with E-state index in [1.807, 2.05) is 66.7 Å². The minimum atomic E-state index is -0.207. The minimum Gasteiger partial charge on any atom is -0.475 e. The van der Waals surface area contributed by atoms with Crippen LogP contribution in [-0.4, -0.2) is 39.0 Å². The zero-order valence-corrected chi connectivity index (χ0v) is 16.5. The molecule has 1 amide bonds. The van der Waals surface area contributed by atoms with Crippen molar-refractivity contribution < 1.29 is 9.53 Å². The van der Waals surface area contributed by atoms with Gasteiger partial charge in [0, 0.05) is 24.2 Å². The van der Waals surface area contributed by atoms with Crippen molar-refractivity contribution in [2.24, 2.45) is 7.05 Å². The standard InChI is InChI=1S/C23H21N5O2/c1-28-21(16-20(27-28)18-10-6-3-7-11-18)23(29)24-14-15-30-22-13-12-19(25-26-22)17-8-4-2-5-9-17/h2-13,16H,14-15H2,1H3,(H,24,29). The highest BCUT2D eigenvalue weighted by atomic mass is 16.5. The maximum absolute atomic E-state index is 12.5. The van der Waals surface area contributed by atoms with Crippen molar-refractivity contribution in [2.75, 3.05) is 13.2 Å². The number of hydrogen-bond acceptors (Lipinski definition) is 5. The summed E-state index contributed by atoms with van der Waals surface area (Å²) in [7, 11) is 1.75. The van der Waals surface area contributed by atoms with Crippen molar-refractivity contribution in [3.63, 3.8) is 0 Å². The molecule has 0 unspecified atom stereocenters. The Morgan fingerprint density at radius 1 is 0.900 bits per heavy atom. The quantitative estimate of drug-likeness (QED) is 0.482. The average molecular weight is 399 g/mol. The number of hydrogen-bond donors (Lipinski definition) is 1. The summed E-state index contributed by atoms with van der Waals surface area (Å²) < 4.78 is 7.15. The number of rotatable bonds is 7. The summed E-state index contributed by atoms with van der Waals surface area (Å²) in [6.07, 6.45) is 0. The molecule has 0 atom stereocenters. The lowest BCUT2D eigenvalue weighted by molar-refractivity contribution is 0.0937. The molecular weight excluding hydrogens is 378 g/mol. The van der Waals surface area contributed by atoms with Crippen LogP contribution in [0.2, 0.25) is 0 Å². The summed E-state index contributed by atoms with van der Waals surface area (Å²) >= 11 is 0. The third-order valence-corrected chi connectivity index (χ3v) is 4.53. The number of nitrogens with zero attached hydrogens (tertiary/aromatic N) is 4. The molecule has 0 bridgehead atoms. The smallest absolute Gasteiger partial charge is 0.269 e. The second-order valence-corrected chi connectivity index (χ2v) is 6.63. The lowest BCUT2D eigenvalue weighted by Crippen LogP contribution is -2.29. The molecule has 0 aliphatic carbocycles. The lowest BCUT2D eigenvalue weighted by Gasteiger charge is -2.07. The zero-order chi connectivity index (χ0) is 20.8. The van der Waals surface area contributed by atoms with Gasteiger partial charge in [-0.2, -0.15) is 5.10 Å². The summed E-state index contributed by atoms with van der Waals surface area (Å²) in [6, 6.07) is 25.0. The molecule has 2 aromatic heterocycles. The monoisotopic (exact) mass is 399 g/mol. The Kier molecular flexibility index (Phi) is 5.80. The Bertz CT molecular complexity index is 1110. The third kappa shape index (κ3) is 4.52. The van der Waals surface area contributed by atoms with Crippen LogP contribution in [0.15, 0.2) is 78.9 Å². The maximum atomic E-state index is 12.5. The van der Waals surface area contributed by atoms with E-state index >= 15 is 0 Å². The molecule has 30 heavy (non-hydrogen) atoms. The second kappa shape index (κ2) is 9.00. The summed E-state index contributed by atoms with van der Waals surface area (Å²) in [5.41, 5.74) is 3.98. The molecule has 0 fully saturated rings. The minimum absolute atomic E-state index is 0.207. The molecule has 7 heteroatoms. The fourth-order valence-electron chi connectivity index (χ4n) is 3.00. The number of aryl methyl sites for hydroxylation is 1. The summed E-state index contributed by atoms with van der Waals surface area (Å²) in [5.74, 6) is 0.206. The largest absolute Gasteiger partial charge is 0.475 e. The number of ether oxygens (including phenoxy) is 1. The van der Waals surface area contributed by atoms with Gasteiger partial charge in [-0.1, -0.05) is 60.7 Å². The normalized spacial score (nSPS) is 10.6. The van der Waals surface area contributed by atoms with E-state index < -0.39 is 0 Å². The molecule has 1 N–H and O–H groups in total. The van der Waals surface area contributed by atoms with Gasteiger partial charge in [-0.25, -0.2) is 0 Å². The molecule has 7 nitrogen and oxygen atoms in total. The van der Waals surface area contributed by atoms with Crippen molar-refractivity contribution in [3.8, 4) is 28.4 Å². The Morgan fingerprint density at radius 3 is 2.20 bits per heavy atom. The van der Waals surface area contributed by atoms with Gasteiger partial charge in [0.15, 0.2) is 0 Å². The lowest BCUT2D eigenvalue weighted by atomic mass is 10.1. The average Bonchev–Trinajstić information content (AvgIpc) is 3.20. The summed E-state index contributed by atoms with van der Waals surface area (Å²) in [4.78, 5) is 12.5. The molecule has 0 radical (unpaired) electrons. The Balaban J connectivity index is 1.29. The predicted molar refractivity (Wildman–Crippen MR) is 114 cm³/mol. The number of nitrogens with one attached hydrogen (secondary N) is 1. The van der Waals surface area contributed by atoms with Gasteiger partial charge in [0.05, 0.1) is 17.9 Å². The Labute approximate surface area is 174 Å². The van der Waals surface area contributed by atoms with E-state index in [9.17, 15) is 4.79 Å². The zero-order valence-electron chi connectivity index (χ0n) is 16.5. The first-order valence-corrected chi connectivity index (χ1v) is 9.60. The fraction of sp³-hybridized carbons (Fsp3) is 0.130. The molecule has 0 saturated carbocycles. The molecule has 2 heterocycles. The summed E-state index contributed by atoms with van der Waals surface area (Å²) in [5, 5.41) is 15.5. The van der Waals surface area contributed by atoms with Gasteiger partial charge in [0.25, 0.3) is 5.91 Å². The van der Waals surface area contributed by atoms with Crippen LogP contribution in [0, 0.1) is 0 Å². The molecule has 0 saturated heterocycles. The van der Waals surface area contributed by atoms with Gasteiger partial charge in [-0.3, -0.25) is 9.48 Å². The number of amides is 1. The van der Waals surface area contributed by atoms with Gasteiger partial charge in [0.1, 0.15) is 12.3 Å². The van der Waals surface area contributed by atoms with Crippen molar-refractivity contribution in [1.29, 1.82) is 0 Å². The molecule has 0 aliphatic rings. The van der Waals surface area contributed by atoms with Gasteiger partial charge in [0.2, 0.25) is 5.88 Å². The van der Waals surface area contributed by atoms with Gasteiger partial charge in [-0.15, -0.1) is 10.2 Å². The van der Waals surface area contributed by atoms with E-state index in [4.69, 9.17) is 4.74 Å². The molecule has 4 aromatic rings. The van der Waals surface area contributed by atoms with Gasteiger partial charge in [-0.05, 0) is 12.1 Å². The highest BCUT2D eigenvalue weighted by molar-refractivity contribution is 5.93. The van der Waals surface area contributed by atoms with E-state index in [1.54, 1.807) is 23.9 Å². The predicted octanol–water partition coefficient (Wildman–Crippen LogP) is 3.35. The third-order valence-electron chi connectivity index (χ3n) is 4.53. The maximum Gasteiger partial charge on any atom is 0.269 e. The van der Waals surface area contributed by atoms with Crippen molar-refractivity contribution in [2.45, 2.75) is 0 Å². The van der Waals surface area contributed by atoms with E-state index in [2.05, 4.69) is 20.6 Å². The molecule has 0 aliphatic heterocycles. The van der Waals surface area contributed by atoms with Crippen LogP contribution in [0.4, 0.5) is 0 Å².